The minimum Gasteiger partial charge on any atom is -0.493 e. The lowest BCUT2D eigenvalue weighted by atomic mass is 10.3. The van der Waals surface area contributed by atoms with E-state index in [1.807, 2.05) is 18.2 Å². The molecule has 124 valence electrons. The summed E-state index contributed by atoms with van der Waals surface area (Å²) in [5, 5.41) is 0. The number of aryl methyl sites for hydroxylation is 1. The van der Waals surface area contributed by atoms with Gasteiger partial charge in [-0.05, 0) is 18.2 Å². The van der Waals surface area contributed by atoms with Gasteiger partial charge in [0.25, 0.3) is 5.91 Å². The van der Waals surface area contributed by atoms with Crippen molar-refractivity contribution in [3.63, 3.8) is 0 Å². The van der Waals surface area contributed by atoms with Gasteiger partial charge in [0, 0.05) is 13.1 Å². The third-order valence-electron chi connectivity index (χ3n) is 3.36. The quantitative estimate of drug-likeness (QED) is 0.725. The Hall–Kier alpha value is -2.54. The van der Waals surface area contributed by atoms with Gasteiger partial charge in [0.2, 0.25) is 0 Å². The number of carbonyl (C=O) groups excluding carboxylic acids is 1. The van der Waals surface area contributed by atoms with Crippen LogP contribution in [0.5, 0.6) is 5.75 Å². The highest BCUT2D eigenvalue weighted by Gasteiger charge is 2.11. The van der Waals surface area contributed by atoms with Crippen molar-refractivity contribution in [1.29, 1.82) is 0 Å². The average molecular weight is 348 g/mol. The van der Waals surface area contributed by atoms with Crippen LogP contribution in [0.2, 0.25) is 0 Å². The van der Waals surface area contributed by atoms with E-state index in [1.54, 1.807) is 19.2 Å². The molecule has 0 saturated carbocycles. The van der Waals surface area contributed by atoms with Gasteiger partial charge in [-0.25, -0.2) is 8.78 Å². The lowest BCUT2D eigenvalue weighted by Gasteiger charge is -2.03. The van der Waals surface area contributed by atoms with Crippen LogP contribution in [-0.4, -0.2) is 17.1 Å². The predicted octanol–water partition coefficient (Wildman–Crippen LogP) is 3.41. The maximum absolute atomic E-state index is 13.8. The summed E-state index contributed by atoms with van der Waals surface area (Å²) in [5.74, 6) is -1.04. The number of fused-ring (bicyclic) bond motifs is 1. The van der Waals surface area contributed by atoms with Gasteiger partial charge < -0.3 is 9.30 Å². The molecule has 0 N–H and O–H groups in total. The zero-order chi connectivity index (χ0) is 17.1. The average Bonchev–Trinajstić information content (AvgIpc) is 2.84. The minimum atomic E-state index is -0.676. The van der Waals surface area contributed by atoms with Crippen LogP contribution < -0.4 is 9.54 Å². The molecule has 24 heavy (non-hydrogen) atoms. The monoisotopic (exact) mass is 348 g/mol. The maximum Gasteiger partial charge on any atom is 0.251 e. The normalized spacial score (nSPS) is 11.9. The molecule has 1 aromatic heterocycles. The number of halogens is 2. The Morgan fingerprint density at radius 3 is 2.75 bits per heavy atom. The van der Waals surface area contributed by atoms with Crippen molar-refractivity contribution in [1.82, 2.24) is 4.57 Å². The number of hydrogen-bond donors (Lipinski definition) is 0. The third kappa shape index (κ3) is 3.51. The molecule has 4 nitrogen and oxygen atoms in total. The van der Waals surface area contributed by atoms with E-state index in [-0.39, 0.29) is 24.5 Å². The van der Waals surface area contributed by atoms with E-state index in [4.69, 9.17) is 4.74 Å². The first-order valence-corrected chi connectivity index (χ1v) is 8.06. The summed E-state index contributed by atoms with van der Waals surface area (Å²) in [4.78, 5) is 16.3. The van der Waals surface area contributed by atoms with Crippen LogP contribution in [-0.2, 0) is 11.8 Å². The first kappa shape index (κ1) is 16.3. The molecule has 0 fully saturated rings. The first-order chi connectivity index (χ1) is 11.5. The number of rotatable bonds is 4. The summed E-state index contributed by atoms with van der Waals surface area (Å²) >= 11 is 1.07. The van der Waals surface area contributed by atoms with Gasteiger partial charge in [-0.2, -0.15) is 4.99 Å². The second-order valence-corrected chi connectivity index (χ2v) is 6.10. The number of ether oxygens (including phenoxy) is 1. The van der Waals surface area contributed by atoms with Crippen LogP contribution in [0, 0.1) is 11.6 Å². The van der Waals surface area contributed by atoms with Gasteiger partial charge >= 0.3 is 0 Å². The number of thiazole rings is 1. The lowest BCUT2D eigenvalue weighted by Crippen LogP contribution is -2.15. The van der Waals surface area contributed by atoms with Crippen LogP contribution in [0.4, 0.5) is 8.78 Å². The van der Waals surface area contributed by atoms with Crippen molar-refractivity contribution in [2.45, 2.75) is 6.42 Å². The van der Waals surface area contributed by atoms with E-state index in [1.165, 1.54) is 10.6 Å². The molecule has 0 aliphatic carbocycles. The van der Waals surface area contributed by atoms with Gasteiger partial charge in [0.1, 0.15) is 11.6 Å². The highest BCUT2D eigenvalue weighted by molar-refractivity contribution is 7.16. The van der Waals surface area contributed by atoms with Crippen molar-refractivity contribution < 1.29 is 18.3 Å². The Kier molecular flexibility index (Phi) is 4.71. The minimum absolute atomic E-state index is 0.0972. The van der Waals surface area contributed by atoms with Crippen LogP contribution in [0.25, 0.3) is 10.2 Å². The molecule has 7 heteroatoms. The molecule has 1 heterocycles. The first-order valence-electron chi connectivity index (χ1n) is 7.24. The smallest absolute Gasteiger partial charge is 0.251 e. The standard InChI is InChI=1S/C17H14F2N2O2S/c1-21-16-13(19)9-11(18)10-14(16)24-17(21)20-15(22)7-8-23-12-5-3-2-4-6-12/h2-6,9-10H,7-8H2,1H3. The van der Waals surface area contributed by atoms with E-state index in [9.17, 15) is 13.6 Å². The summed E-state index contributed by atoms with van der Waals surface area (Å²) in [6, 6.07) is 11.2. The summed E-state index contributed by atoms with van der Waals surface area (Å²) < 4.78 is 34.4. The number of benzene rings is 2. The molecule has 0 aliphatic heterocycles. The lowest BCUT2D eigenvalue weighted by molar-refractivity contribution is -0.118. The van der Waals surface area contributed by atoms with E-state index >= 15 is 0 Å². The molecule has 0 radical (unpaired) electrons. The number of para-hydroxylation sites is 1. The van der Waals surface area contributed by atoms with Gasteiger partial charge in [-0.3, -0.25) is 4.79 Å². The van der Waals surface area contributed by atoms with E-state index in [2.05, 4.69) is 4.99 Å². The highest BCUT2D eigenvalue weighted by Crippen LogP contribution is 2.21. The Morgan fingerprint density at radius 2 is 2.00 bits per heavy atom. The van der Waals surface area contributed by atoms with Gasteiger partial charge in [-0.1, -0.05) is 29.5 Å². The molecule has 3 aromatic rings. The number of amides is 1. The highest BCUT2D eigenvalue weighted by atomic mass is 32.1. The summed E-state index contributed by atoms with van der Waals surface area (Å²) in [6.45, 7) is 0.198. The van der Waals surface area contributed by atoms with Crippen molar-refractivity contribution in [2.24, 2.45) is 12.0 Å². The Labute approximate surface area is 140 Å². The largest absolute Gasteiger partial charge is 0.493 e. The van der Waals surface area contributed by atoms with Crippen LogP contribution in [0.3, 0.4) is 0 Å². The Balaban J connectivity index is 1.76. The van der Waals surface area contributed by atoms with Crippen LogP contribution in [0.1, 0.15) is 6.42 Å². The van der Waals surface area contributed by atoms with E-state index in [0.29, 0.717) is 15.3 Å². The second kappa shape index (κ2) is 6.92. The molecule has 0 atom stereocenters. The van der Waals surface area contributed by atoms with Crippen molar-refractivity contribution in [3.05, 3.63) is 58.9 Å². The van der Waals surface area contributed by atoms with Crippen molar-refractivity contribution in [3.8, 4) is 5.75 Å². The van der Waals surface area contributed by atoms with Crippen molar-refractivity contribution in [2.75, 3.05) is 6.61 Å². The summed E-state index contributed by atoms with van der Waals surface area (Å²) in [7, 11) is 1.59. The summed E-state index contributed by atoms with van der Waals surface area (Å²) in [5.41, 5.74) is 0.230. The molecule has 3 rings (SSSR count). The molecule has 0 saturated heterocycles. The molecular formula is C17H14F2N2O2S. The van der Waals surface area contributed by atoms with Crippen molar-refractivity contribution >= 4 is 27.5 Å². The van der Waals surface area contributed by atoms with Crippen LogP contribution >= 0.6 is 11.3 Å². The maximum atomic E-state index is 13.8. The topological polar surface area (TPSA) is 43.6 Å². The number of hydrogen-bond acceptors (Lipinski definition) is 3. The second-order valence-electron chi connectivity index (χ2n) is 5.10. The fraction of sp³-hybridized carbons (Fsp3) is 0.176. The van der Waals surface area contributed by atoms with Gasteiger partial charge in [0.15, 0.2) is 10.6 Å². The molecule has 2 aromatic carbocycles. The van der Waals surface area contributed by atoms with Gasteiger partial charge in [0.05, 0.1) is 23.2 Å². The number of aromatic nitrogens is 1. The zero-order valence-corrected chi connectivity index (χ0v) is 13.6. The van der Waals surface area contributed by atoms with E-state index < -0.39 is 11.6 Å². The zero-order valence-electron chi connectivity index (χ0n) is 12.8. The molecule has 0 unspecified atom stereocenters. The SMILES string of the molecule is Cn1c(=NC(=O)CCOc2ccccc2)sc2cc(F)cc(F)c21. The Bertz CT molecular complexity index is 948. The Morgan fingerprint density at radius 1 is 1.25 bits per heavy atom. The fourth-order valence-corrected chi connectivity index (χ4v) is 3.32. The molecule has 0 spiro atoms. The van der Waals surface area contributed by atoms with Gasteiger partial charge in [-0.15, -0.1) is 0 Å². The molecule has 1 amide bonds. The summed E-state index contributed by atoms with van der Waals surface area (Å²) in [6.07, 6.45) is 0.0972. The number of carbonyl (C=O) groups is 1. The third-order valence-corrected chi connectivity index (χ3v) is 4.44. The fourth-order valence-electron chi connectivity index (χ4n) is 2.24. The molecule has 0 aliphatic rings. The predicted molar refractivity (Wildman–Crippen MR) is 87.8 cm³/mol. The molecular weight excluding hydrogens is 334 g/mol. The number of nitrogens with zero attached hydrogens (tertiary/aromatic N) is 2. The van der Waals surface area contributed by atoms with Crippen LogP contribution in [0.15, 0.2) is 47.5 Å². The van der Waals surface area contributed by atoms with E-state index in [0.717, 1.165) is 17.4 Å². The molecule has 0 bridgehead atoms.